The summed E-state index contributed by atoms with van der Waals surface area (Å²) >= 11 is 3.39. The Morgan fingerprint density at radius 1 is 1.40 bits per heavy atom. The molecule has 1 rings (SSSR count). The lowest BCUT2D eigenvalue weighted by molar-refractivity contribution is 0.146. The number of aliphatic hydroxyl groups is 1. The number of hydrogen-bond acceptors (Lipinski definition) is 3. The molecule has 0 aliphatic carbocycles. The number of nitrogens with two attached hydrogens (primary N) is 1. The Morgan fingerprint density at radius 2 is 2.00 bits per heavy atom. The Labute approximate surface area is 99.0 Å². The smallest absolute Gasteiger partial charge is 0.0599 e. The van der Waals surface area contributed by atoms with Gasteiger partial charge in [0.25, 0.3) is 0 Å². The summed E-state index contributed by atoms with van der Waals surface area (Å²) in [7, 11) is 1.97. The lowest BCUT2D eigenvalue weighted by atomic mass is 10.2. The SMILES string of the molecule is CN(Cc1ccc(Br)cc1)C(CN)CO. The van der Waals surface area contributed by atoms with Gasteiger partial charge in [-0.1, -0.05) is 28.1 Å². The molecular formula is C11H17BrN2O. The van der Waals surface area contributed by atoms with E-state index in [-0.39, 0.29) is 12.6 Å². The first kappa shape index (κ1) is 12.6. The van der Waals surface area contributed by atoms with Gasteiger partial charge in [0.05, 0.1) is 6.61 Å². The van der Waals surface area contributed by atoms with Crippen LogP contribution < -0.4 is 5.73 Å². The van der Waals surface area contributed by atoms with Crippen molar-refractivity contribution in [3.05, 3.63) is 34.3 Å². The maximum atomic E-state index is 9.09. The Hall–Kier alpha value is -0.420. The van der Waals surface area contributed by atoms with Gasteiger partial charge in [0.15, 0.2) is 0 Å². The van der Waals surface area contributed by atoms with Crippen molar-refractivity contribution in [3.63, 3.8) is 0 Å². The minimum Gasteiger partial charge on any atom is -0.395 e. The van der Waals surface area contributed by atoms with E-state index in [9.17, 15) is 0 Å². The molecule has 1 aromatic rings. The highest BCUT2D eigenvalue weighted by molar-refractivity contribution is 9.10. The van der Waals surface area contributed by atoms with Gasteiger partial charge >= 0.3 is 0 Å². The van der Waals surface area contributed by atoms with E-state index >= 15 is 0 Å². The molecule has 3 nitrogen and oxygen atoms in total. The predicted molar refractivity (Wildman–Crippen MR) is 65.5 cm³/mol. The number of rotatable bonds is 5. The van der Waals surface area contributed by atoms with Crippen molar-refractivity contribution in [2.24, 2.45) is 5.73 Å². The van der Waals surface area contributed by atoms with E-state index in [1.165, 1.54) is 5.56 Å². The molecule has 0 aromatic heterocycles. The number of nitrogens with zero attached hydrogens (tertiary/aromatic N) is 1. The van der Waals surface area contributed by atoms with Crippen LogP contribution in [0.1, 0.15) is 5.56 Å². The topological polar surface area (TPSA) is 49.5 Å². The highest BCUT2D eigenvalue weighted by Gasteiger charge is 2.11. The molecule has 0 radical (unpaired) electrons. The van der Waals surface area contributed by atoms with Crippen LogP contribution in [0.5, 0.6) is 0 Å². The van der Waals surface area contributed by atoms with Crippen LogP contribution in [0.4, 0.5) is 0 Å². The summed E-state index contributed by atoms with van der Waals surface area (Å²) in [5, 5.41) is 9.09. The van der Waals surface area contributed by atoms with Crippen LogP contribution in [0, 0.1) is 0 Å². The van der Waals surface area contributed by atoms with Crippen LogP contribution in [0.2, 0.25) is 0 Å². The first-order chi connectivity index (χ1) is 7.17. The number of aliphatic hydroxyl groups excluding tert-OH is 1. The van der Waals surface area contributed by atoms with Crippen molar-refractivity contribution in [1.82, 2.24) is 4.90 Å². The maximum Gasteiger partial charge on any atom is 0.0599 e. The fraction of sp³-hybridized carbons (Fsp3) is 0.455. The Bertz CT molecular complexity index is 285. The quantitative estimate of drug-likeness (QED) is 0.847. The average molecular weight is 273 g/mol. The van der Waals surface area contributed by atoms with Crippen molar-refractivity contribution < 1.29 is 5.11 Å². The highest BCUT2D eigenvalue weighted by atomic mass is 79.9. The van der Waals surface area contributed by atoms with Crippen molar-refractivity contribution in [2.45, 2.75) is 12.6 Å². The van der Waals surface area contributed by atoms with Crippen molar-refractivity contribution in [3.8, 4) is 0 Å². The normalized spacial score (nSPS) is 13.1. The van der Waals surface area contributed by atoms with E-state index in [4.69, 9.17) is 10.8 Å². The molecule has 1 unspecified atom stereocenters. The average Bonchev–Trinajstić information content (AvgIpc) is 2.23. The third kappa shape index (κ3) is 3.91. The van der Waals surface area contributed by atoms with E-state index in [0.717, 1.165) is 11.0 Å². The molecule has 0 aliphatic rings. The van der Waals surface area contributed by atoms with Crippen LogP contribution in [0.25, 0.3) is 0 Å². The van der Waals surface area contributed by atoms with Crippen molar-refractivity contribution in [1.29, 1.82) is 0 Å². The monoisotopic (exact) mass is 272 g/mol. The molecule has 0 saturated carbocycles. The summed E-state index contributed by atoms with van der Waals surface area (Å²) in [5.41, 5.74) is 6.77. The largest absolute Gasteiger partial charge is 0.395 e. The number of likely N-dealkylation sites (N-methyl/N-ethyl adjacent to an activating group) is 1. The highest BCUT2D eigenvalue weighted by Crippen LogP contribution is 2.12. The fourth-order valence-corrected chi connectivity index (χ4v) is 1.67. The zero-order valence-corrected chi connectivity index (χ0v) is 10.4. The Balaban J connectivity index is 2.57. The van der Waals surface area contributed by atoms with Crippen LogP contribution in [0.3, 0.4) is 0 Å². The summed E-state index contributed by atoms with van der Waals surface area (Å²) in [5.74, 6) is 0. The van der Waals surface area contributed by atoms with E-state index in [1.807, 2.05) is 19.2 Å². The minimum absolute atomic E-state index is 0.0358. The minimum atomic E-state index is 0.0358. The molecule has 0 aliphatic heterocycles. The Morgan fingerprint density at radius 3 is 2.47 bits per heavy atom. The second kappa shape index (κ2) is 6.23. The zero-order chi connectivity index (χ0) is 11.3. The summed E-state index contributed by atoms with van der Waals surface area (Å²) in [4.78, 5) is 2.06. The zero-order valence-electron chi connectivity index (χ0n) is 8.86. The van der Waals surface area contributed by atoms with Crippen LogP contribution in [-0.2, 0) is 6.54 Å². The molecule has 0 heterocycles. The third-order valence-corrected chi connectivity index (χ3v) is 2.98. The van der Waals surface area contributed by atoms with E-state index in [1.54, 1.807) is 0 Å². The maximum absolute atomic E-state index is 9.09. The fourth-order valence-electron chi connectivity index (χ4n) is 1.40. The van der Waals surface area contributed by atoms with Gasteiger partial charge in [0, 0.05) is 23.6 Å². The standard InChI is InChI=1S/C11H17BrN2O/c1-14(11(6-13)8-15)7-9-2-4-10(12)5-3-9/h2-5,11,15H,6-8,13H2,1H3. The second-order valence-corrected chi connectivity index (χ2v) is 4.53. The van der Waals surface area contributed by atoms with Crippen molar-refractivity contribution in [2.75, 3.05) is 20.2 Å². The molecule has 4 heteroatoms. The summed E-state index contributed by atoms with van der Waals surface area (Å²) in [6.07, 6.45) is 0. The first-order valence-corrected chi connectivity index (χ1v) is 5.72. The molecular weight excluding hydrogens is 256 g/mol. The summed E-state index contributed by atoms with van der Waals surface area (Å²) in [6, 6.07) is 8.18. The predicted octanol–water partition coefficient (Wildman–Crippen LogP) is 1.20. The van der Waals surface area contributed by atoms with Crippen molar-refractivity contribution >= 4 is 15.9 Å². The van der Waals surface area contributed by atoms with Gasteiger partial charge in [-0.25, -0.2) is 0 Å². The van der Waals surface area contributed by atoms with E-state index in [2.05, 4.69) is 33.0 Å². The summed E-state index contributed by atoms with van der Waals surface area (Å²) in [6.45, 7) is 1.38. The number of benzene rings is 1. The molecule has 0 saturated heterocycles. The molecule has 0 fully saturated rings. The lowest BCUT2D eigenvalue weighted by Gasteiger charge is -2.25. The Kier molecular flexibility index (Phi) is 5.25. The molecule has 0 bridgehead atoms. The second-order valence-electron chi connectivity index (χ2n) is 3.61. The van der Waals surface area contributed by atoms with Gasteiger partial charge in [0.2, 0.25) is 0 Å². The summed E-state index contributed by atoms with van der Waals surface area (Å²) < 4.78 is 1.08. The number of halogens is 1. The van der Waals surface area contributed by atoms with Gasteiger partial charge in [-0.2, -0.15) is 0 Å². The van der Waals surface area contributed by atoms with E-state index < -0.39 is 0 Å². The van der Waals surface area contributed by atoms with E-state index in [0.29, 0.717) is 6.54 Å². The molecule has 0 amide bonds. The van der Waals surface area contributed by atoms with Gasteiger partial charge in [-0.3, -0.25) is 4.90 Å². The van der Waals surface area contributed by atoms with Crippen LogP contribution in [-0.4, -0.2) is 36.2 Å². The molecule has 0 spiro atoms. The van der Waals surface area contributed by atoms with Crippen LogP contribution in [0.15, 0.2) is 28.7 Å². The molecule has 15 heavy (non-hydrogen) atoms. The number of hydrogen-bond donors (Lipinski definition) is 2. The molecule has 84 valence electrons. The molecule has 3 N–H and O–H groups in total. The van der Waals surface area contributed by atoms with Crippen LogP contribution >= 0.6 is 15.9 Å². The van der Waals surface area contributed by atoms with Gasteiger partial charge in [-0.05, 0) is 24.7 Å². The molecule has 1 aromatic carbocycles. The van der Waals surface area contributed by atoms with Gasteiger partial charge in [-0.15, -0.1) is 0 Å². The van der Waals surface area contributed by atoms with Gasteiger partial charge in [0.1, 0.15) is 0 Å². The first-order valence-electron chi connectivity index (χ1n) is 4.93. The lowest BCUT2D eigenvalue weighted by Crippen LogP contribution is -2.40. The van der Waals surface area contributed by atoms with Gasteiger partial charge < -0.3 is 10.8 Å². The molecule has 1 atom stereocenters. The third-order valence-electron chi connectivity index (χ3n) is 2.45.